The first-order valence-electron chi connectivity index (χ1n) is 5.03. The molecule has 0 atom stereocenters. The predicted molar refractivity (Wildman–Crippen MR) is 63.2 cm³/mol. The van der Waals surface area contributed by atoms with Crippen molar-refractivity contribution in [2.75, 3.05) is 5.73 Å². The van der Waals surface area contributed by atoms with Crippen LogP contribution in [-0.4, -0.2) is 9.78 Å². The van der Waals surface area contributed by atoms with Crippen LogP contribution in [0.2, 0.25) is 0 Å². The molecular weight excluding hydrogens is 202 g/mol. The Bertz CT molecular complexity index is 543. The summed E-state index contributed by atoms with van der Waals surface area (Å²) in [6, 6.07) is 9.37. The first-order valence-corrected chi connectivity index (χ1v) is 5.03. The zero-order chi connectivity index (χ0) is 11.5. The van der Waals surface area contributed by atoms with Crippen LogP contribution in [0.1, 0.15) is 11.1 Å². The maximum atomic E-state index is 11.5. The van der Waals surface area contributed by atoms with Crippen LogP contribution in [0, 0.1) is 6.92 Å². The second-order valence-corrected chi connectivity index (χ2v) is 3.77. The van der Waals surface area contributed by atoms with Gasteiger partial charge in [-0.05, 0) is 12.5 Å². The number of hydrogen-bond donors (Lipinski definition) is 1. The van der Waals surface area contributed by atoms with Gasteiger partial charge in [0.05, 0.1) is 18.4 Å². The van der Waals surface area contributed by atoms with Crippen LogP contribution in [-0.2, 0) is 6.54 Å². The summed E-state index contributed by atoms with van der Waals surface area (Å²) in [7, 11) is 0. The van der Waals surface area contributed by atoms with Gasteiger partial charge in [-0.15, -0.1) is 0 Å². The predicted octanol–water partition coefficient (Wildman–Crippen LogP) is 1.18. The van der Waals surface area contributed by atoms with Gasteiger partial charge in [0.15, 0.2) is 0 Å². The Hall–Kier alpha value is -2.10. The molecule has 1 aromatic carbocycles. The fraction of sp³-hybridized carbons (Fsp3) is 0.167. The van der Waals surface area contributed by atoms with E-state index in [2.05, 4.69) is 5.10 Å². The molecular formula is C12H13N3O. The highest BCUT2D eigenvalue weighted by atomic mass is 16.1. The van der Waals surface area contributed by atoms with E-state index >= 15 is 0 Å². The largest absolute Gasteiger partial charge is 0.397 e. The Kier molecular flexibility index (Phi) is 2.72. The Labute approximate surface area is 93.3 Å². The number of aromatic nitrogens is 2. The molecule has 0 bridgehead atoms. The normalized spacial score (nSPS) is 10.3. The van der Waals surface area contributed by atoms with Gasteiger partial charge < -0.3 is 5.73 Å². The minimum absolute atomic E-state index is 0.180. The summed E-state index contributed by atoms with van der Waals surface area (Å²) in [5.41, 5.74) is 7.92. The lowest BCUT2D eigenvalue weighted by Crippen LogP contribution is -2.22. The first-order chi connectivity index (χ1) is 7.65. The second kappa shape index (κ2) is 4.18. The molecule has 0 radical (unpaired) electrons. The van der Waals surface area contributed by atoms with Gasteiger partial charge in [0.1, 0.15) is 0 Å². The summed E-state index contributed by atoms with van der Waals surface area (Å²) >= 11 is 0. The molecule has 1 aromatic heterocycles. The number of aryl methyl sites for hydroxylation is 1. The summed E-state index contributed by atoms with van der Waals surface area (Å²) in [4.78, 5) is 11.5. The SMILES string of the molecule is Cc1ccc(Cn2ncc(N)cc2=O)cc1. The highest BCUT2D eigenvalue weighted by molar-refractivity contribution is 5.31. The topological polar surface area (TPSA) is 60.9 Å². The van der Waals surface area contributed by atoms with Crippen molar-refractivity contribution in [2.45, 2.75) is 13.5 Å². The number of anilines is 1. The zero-order valence-electron chi connectivity index (χ0n) is 9.05. The van der Waals surface area contributed by atoms with Crippen LogP contribution in [0.5, 0.6) is 0 Å². The standard InChI is InChI=1S/C12H13N3O/c1-9-2-4-10(5-3-9)8-15-12(16)6-11(13)7-14-15/h2-7H,8,13H2,1H3. The van der Waals surface area contributed by atoms with Crippen LogP contribution in [0.25, 0.3) is 0 Å². The molecule has 0 amide bonds. The molecule has 0 aliphatic carbocycles. The van der Waals surface area contributed by atoms with Crippen molar-refractivity contribution in [1.29, 1.82) is 0 Å². The van der Waals surface area contributed by atoms with Gasteiger partial charge >= 0.3 is 0 Å². The average molecular weight is 215 g/mol. The molecule has 0 saturated heterocycles. The van der Waals surface area contributed by atoms with E-state index in [-0.39, 0.29) is 5.56 Å². The Morgan fingerprint density at radius 2 is 2.00 bits per heavy atom. The number of nitrogens with zero attached hydrogens (tertiary/aromatic N) is 2. The molecule has 16 heavy (non-hydrogen) atoms. The highest BCUT2D eigenvalue weighted by Gasteiger charge is 1.99. The monoisotopic (exact) mass is 215 g/mol. The highest BCUT2D eigenvalue weighted by Crippen LogP contribution is 2.03. The van der Waals surface area contributed by atoms with E-state index < -0.39 is 0 Å². The molecule has 2 N–H and O–H groups in total. The fourth-order valence-electron chi connectivity index (χ4n) is 1.43. The van der Waals surface area contributed by atoms with Gasteiger partial charge in [-0.2, -0.15) is 5.10 Å². The minimum Gasteiger partial charge on any atom is -0.397 e. The smallest absolute Gasteiger partial charge is 0.269 e. The van der Waals surface area contributed by atoms with E-state index in [4.69, 9.17) is 5.73 Å². The molecule has 82 valence electrons. The van der Waals surface area contributed by atoms with Crippen molar-refractivity contribution < 1.29 is 0 Å². The first kappa shape index (κ1) is 10.4. The van der Waals surface area contributed by atoms with Crippen LogP contribution in [0.4, 0.5) is 5.69 Å². The molecule has 4 nitrogen and oxygen atoms in total. The van der Waals surface area contributed by atoms with Crippen molar-refractivity contribution in [3.63, 3.8) is 0 Å². The van der Waals surface area contributed by atoms with Crippen molar-refractivity contribution in [1.82, 2.24) is 9.78 Å². The lowest BCUT2D eigenvalue weighted by Gasteiger charge is -2.04. The maximum absolute atomic E-state index is 11.5. The third-order valence-electron chi connectivity index (χ3n) is 2.34. The van der Waals surface area contributed by atoms with Gasteiger partial charge in [0, 0.05) is 6.07 Å². The molecule has 0 aliphatic heterocycles. The Morgan fingerprint density at radius 3 is 2.62 bits per heavy atom. The van der Waals surface area contributed by atoms with E-state index in [0.717, 1.165) is 5.56 Å². The van der Waals surface area contributed by atoms with E-state index in [1.54, 1.807) is 0 Å². The molecule has 1 heterocycles. The molecule has 4 heteroatoms. The van der Waals surface area contributed by atoms with Gasteiger partial charge in [-0.3, -0.25) is 4.79 Å². The van der Waals surface area contributed by atoms with E-state index in [1.165, 1.54) is 22.5 Å². The lowest BCUT2D eigenvalue weighted by atomic mass is 10.1. The molecule has 0 aliphatic rings. The minimum atomic E-state index is -0.180. The van der Waals surface area contributed by atoms with Crippen LogP contribution in [0.15, 0.2) is 41.3 Å². The van der Waals surface area contributed by atoms with E-state index in [9.17, 15) is 4.79 Å². The molecule has 0 fully saturated rings. The number of rotatable bonds is 2. The third-order valence-corrected chi connectivity index (χ3v) is 2.34. The Balaban J connectivity index is 2.27. The van der Waals surface area contributed by atoms with Crippen LogP contribution < -0.4 is 11.3 Å². The molecule has 0 unspecified atom stereocenters. The van der Waals surface area contributed by atoms with Crippen LogP contribution >= 0.6 is 0 Å². The average Bonchev–Trinajstić information content (AvgIpc) is 2.25. The maximum Gasteiger partial charge on any atom is 0.269 e. The summed E-state index contributed by atoms with van der Waals surface area (Å²) in [5.74, 6) is 0. The fourth-order valence-corrected chi connectivity index (χ4v) is 1.43. The number of benzene rings is 1. The summed E-state index contributed by atoms with van der Waals surface area (Å²) in [6.45, 7) is 2.50. The van der Waals surface area contributed by atoms with Crippen molar-refractivity contribution >= 4 is 5.69 Å². The Morgan fingerprint density at radius 1 is 1.31 bits per heavy atom. The van der Waals surface area contributed by atoms with E-state index in [1.807, 2.05) is 31.2 Å². The van der Waals surface area contributed by atoms with E-state index in [0.29, 0.717) is 12.2 Å². The molecule has 0 spiro atoms. The summed E-state index contributed by atoms with van der Waals surface area (Å²) < 4.78 is 1.39. The quantitative estimate of drug-likeness (QED) is 0.818. The van der Waals surface area contributed by atoms with Gasteiger partial charge in [-0.1, -0.05) is 29.8 Å². The number of hydrogen-bond acceptors (Lipinski definition) is 3. The van der Waals surface area contributed by atoms with Crippen molar-refractivity contribution in [3.8, 4) is 0 Å². The van der Waals surface area contributed by atoms with Gasteiger partial charge in [0.25, 0.3) is 5.56 Å². The molecule has 2 rings (SSSR count). The van der Waals surface area contributed by atoms with Crippen molar-refractivity contribution in [2.24, 2.45) is 0 Å². The lowest BCUT2D eigenvalue weighted by molar-refractivity contribution is 0.640. The van der Waals surface area contributed by atoms with Gasteiger partial charge in [0.2, 0.25) is 0 Å². The number of nitrogen functional groups attached to an aromatic ring is 1. The molecule has 0 saturated carbocycles. The third kappa shape index (κ3) is 2.28. The molecule has 2 aromatic rings. The summed E-state index contributed by atoms with van der Waals surface area (Å²) in [6.07, 6.45) is 1.48. The zero-order valence-corrected chi connectivity index (χ0v) is 9.05. The van der Waals surface area contributed by atoms with Crippen molar-refractivity contribution in [3.05, 3.63) is 58.0 Å². The summed E-state index contributed by atoms with van der Waals surface area (Å²) in [5, 5.41) is 3.97. The van der Waals surface area contributed by atoms with Crippen LogP contribution in [0.3, 0.4) is 0 Å². The number of nitrogens with two attached hydrogens (primary N) is 1. The van der Waals surface area contributed by atoms with Gasteiger partial charge in [-0.25, -0.2) is 4.68 Å². The second-order valence-electron chi connectivity index (χ2n) is 3.77.